The molecule has 0 fully saturated rings. The molecule has 1 heterocycles. The molecule has 3 aromatic rings. The summed E-state index contributed by atoms with van der Waals surface area (Å²) in [5, 5.41) is 5.26. The third kappa shape index (κ3) is 6.58. The Morgan fingerprint density at radius 3 is 2.03 bits per heavy atom. The maximum atomic E-state index is 12.7. The minimum absolute atomic E-state index is 0.158. The van der Waals surface area contributed by atoms with Crippen molar-refractivity contribution < 1.29 is 23.8 Å². The number of esters is 1. The number of rotatable bonds is 11. The van der Waals surface area contributed by atoms with E-state index in [9.17, 15) is 9.59 Å². The predicted octanol–water partition coefficient (Wildman–Crippen LogP) is 5.96. The SMILES string of the molecule is CCOC(=O)c1c(-c2ccc(OCC)cc2)csc1NC(=O)CCc1ccc(OCC)cc1. The lowest BCUT2D eigenvalue weighted by Crippen LogP contribution is -2.15. The maximum Gasteiger partial charge on any atom is 0.341 e. The van der Waals surface area contributed by atoms with Crippen LogP contribution in [0.25, 0.3) is 11.1 Å². The van der Waals surface area contributed by atoms with Crippen LogP contribution >= 0.6 is 11.3 Å². The van der Waals surface area contributed by atoms with Crippen molar-refractivity contribution in [1.82, 2.24) is 0 Å². The standard InChI is InChI=1S/C26H29NO5S/c1-4-30-20-12-7-18(8-13-20)9-16-23(28)27-25-24(26(29)32-6-3)22(17-33-25)19-10-14-21(15-11-19)31-5-2/h7-8,10-15,17H,4-6,9,16H2,1-3H3,(H,27,28). The van der Waals surface area contributed by atoms with E-state index in [4.69, 9.17) is 14.2 Å². The van der Waals surface area contributed by atoms with E-state index in [1.165, 1.54) is 11.3 Å². The van der Waals surface area contributed by atoms with Crippen LogP contribution in [-0.4, -0.2) is 31.7 Å². The molecule has 0 bridgehead atoms. The number of anilines is 1. The smallest absolute Gasteiger partial charge is 0.341 e. The molecule has 0 atom stereocenters. The van der Waals surface area contributed by atoms with E-state index in [1.807, 2.05) is 67.8 Å². The monoisotopic (exact) mass is 467 g/mol. The highest BCUT2D eigenvalue weighted by Crippen LogP contribution is 2.37. The van der Waals surface area contributed by atoms with Crippen molar-refractivity contribution in [3.05, 3.63) is 65.0 Å². The highest BCUT2D eigenvalue weighted by atomic mass is 32.1. The van der Waals surface area contributed by atoms with E-state index in [0.29, 0.717) is 36.6 Å². The molecular weight excluding hydrogens is 438 g/mol. The first-order valence-corrected chi connectivity index (χ1v) is 12.0. The summed E-state index contributed by atoms with van der Waals surface area (Å²) in [6.45, 7) is 7.08. The molecule has 6 nitrogen and oxygen atoms in total. The molecule has 0 spiro atoms. The Morgan fingerprint density at radius 1 is 0.848 bits per heavy atom. The zero-order chi connectivity index (χ0) is 23.6. The van der Waals surface area contributed by atoms with Crippen LogP contribution in [0, 0.1) is 0 Å². The number of amides is 1. The maximum absolute atomic E-state index is 12.7. The molecule has 0 aliphatic rings. The molecule has 174 valence electrons. The van der Waals surface area contributed by atoms with Crippen LogP contribution in [0.1, 0.15) is 43.1 Å². The van der Waals surface area contributed by atoms with Gasteiger partial charge in [0.15, 0.2) is 0 Å². The zero-order valence-corrected chi connectivity index (χ0v) is 20.0. The Hall–Kier alpha value is -3.32. The molecule has 0 saturated heterocycles. The number of carbonyl (C=O) groups is 2. The van der Waals surface area contributed by atoms with E-state index in [1.54, 1.807) is 6.92 Å². The second-order valence-corrected chi connectivity index (χ2v) is 8.04. The van der Waals surface area contributed by atoms with Gasteiger partial charge in [-0.15, -0.1) is 11.3 Å². The number of thiophene rings is 1. The van der Waals surface area contributed by atoms with Gasteiger partial charge in [0, 0.05) is 17.4 Å². The van der Waals surface area contributed by atoms with Crippen LogP contribution in [-0.2, 0) is 16.0 Å². The lowest BCUT2D eigenvalue weighted by Gasteiger charge is -2.10. The van der Waals surface area contributed by atoms with Crippen molar-refractivity contribution in [2.75, 3.05) is 25.1 Å². The van der Waals surface area contributed by atoms with Gasteiger partial charge in [-0.3, -0.25) is 4.79 Å². The molecule has 1 amide bonds. The van der Waals surface area contributed by atoms with Gasteiger partial charge in [0.2, 0.25) is 5.91 Å². The summed E-state index contributed by atoms with van der Waals surface area (Å²) in [5.74, 6) is 0.959. The summed E-state index contributed by atoms with van der Waals surface area (Å²) in [6.07, 6.45) is 0.886. The first kappa shape index (κ1) is 24.3. The molecule has 0 unspecified atom stereocenters. The summed E-state index contributed by atoms with van der Waals surface area (Å²) in [7, 11) is 0. The fourth-order valence-electron chi connectivity index (χ4n) is 3.33. The quantitative estimate of drug-likeness (QED) is 0.352. The summed E-state index contributed by atoms with van der Waals surface area (Å²) in [5.41, 5.74) is 3.00. The largest absolute Gasteiger partial charge is 0.494 e. The van der Waals surface area contributed by atoms with Gasteiger partial charge >= 0.3 is 5.97 Å². The van der Waals surface area contributed by atoms with Crippen LogP contribution in [0.3, 0.4) is 0 Å². The number of aryl methyl sites for hydroxylation is 1. The topological polar surface area (TPSA) is 73.9 Å². The van der Waals surface area contributed by atoms with Crippen LogP contribution in [0.15, 0.2) is 53.9 Å². The molecule has 33 heavy (non-hydrogen) atoms. The van der Waals surface area contributed by atoms with Crippen LogP contribution in [0.4, 0.5) is 5.00 Å². The molecule has 0 saturated carbocycles. The van der Waals surface area contributed by atoms with Crippen molar-refractivity contribution in [2.45, 2.75) is 33.6 Å². The minimum Gasteiger partial charge on any atom is -0.494 e. The molecule has 1 N–H and O–H groups in total. The van der Waals surface area contributed by atoms with Gasteiger partial charge in [0.1, 0.15) is 22.1 Å². The van der Waals surface area contributed by atoms with Gasteiger partial charge in [0.05, 0.1) is 19.8 Å². The van der Waals surface area contributed by atoms with Gasteiger partial charge < -0.3 is 19.5 Å². The Kier molecular flexibility index (Phi) is 8.89. The average molecular weight is 468 g/mol. The zero-order valence-electron chi connectivity index (χ0n) is 19.2. The number of benzene rings is 2. The van der Waals surface area contributed by atoms with E-state index in [0.717, 1.165) is 28.2 Å². The summed E-state index contributed by atoms with van der Waals surface area (Å²) >= 11 is 1.32. The Labute approximate surface area is 198 Å². The highest BCUT2D eigenvalue weighted by Gasteiger charge is 2.22. The molecule has 0 aliphatic heterocycles. The lowest BCUT2D eigenvalue weighted by atomic mass is 10.0. The molecule has 1 aromatic heterocycles. The molecule has 7 heteroatoms. The van der Waals surface area contributed by atoms with Crippen LogP contribution in [0.5, 0.6) is 11.5 Å². The first-order valence-electron chi connectivity index (χ1n) is 11.1. The third-order valence-electron chi connectivity index (χ3n) is 4.87. The van der Waals surface area contributed by atoms with Crippen molar-refractivity contribution in [3.63, 3.8) is 0 Å². The average Bonchev–Trinajstić information content (AvgIpc) is 3.23. The van der Waals surface area contributed by atoms with Gasteiger partial charge in [-0.2, -0.15) is 0 Å². The third-order valence-corrected chi connectivity index (χ3v) is 5.77. The Bertz CT molecular complexity index is 1060. The second-order valence-electron chi connectivity index (χ2n) is 7.16. The van der Waals surface area contributed by atoms with Crippen molar-refractivity contribution >= 4 is 28.2 Å². The first-order chi connectivity index (χ1) is 16.0. The van der Waals surface area contributed by atoms with E-state index in [-0.39, 0.29) is 12.5 Å². The van der Waals surface area contributed by atoms with E-state index >= 15 is 0 Å². The van der Waals surface area contributed by atoms with E-state index in [2.05, 4.69) is 5.32 Å². The van der Waals surface area contributed by atoms with Gasteiger partial charge in [-0.1, -0.05) is 24.3 Å². The summed E-state index contributed by atoms with van der Waals surface area (Å²) in [6, 6.07) is 15.2. The number of carbonyl (C=O) groups excluding carboxylic acids is 2. The minimum atomic E-state index is -0.454. The van der Waals surface area contributed by atoms with Gasteiger partial charge in [0.25, 0.3) is 0 Å². The highest BCUT2D eigenvalue weighted by molar-refractivity contribution is 7.15. The number of hydrogen-bond donors (Lipinski definition) is 1. The second kappa shape index (κ2) is 12.1. The van der Waals surface area contributed by atoms with Gasteiger partial charge in [-0.25, -0.2) is 4.79 Å². The lowest BCUT2D eigenvalue weighted by molar-refractivity contribution is -0.116. The Morgan fingerprint density at radius 2 is 1.45 bits per heavy atom. The number of nitrogens with one attached hydrogen (secondary N) is 1. The van der Waals surface area contributed by atoms with Crippen molar-refractivity contribution in [1.29, 1.82) is 0 Å². The molecular formula is C26H29NO5S. The normalized spacial score (nSPS) is 10.5. The number of hydrogen-bond acceptors (Lipinski definition) is 6. The van der Waals surface area contributed by atoms with Gasteiger partial charge in [-0.05, 0) is 62.6 Å². The Balaban J connectivity index is 1.73. The fourth-order valence-corrected chi connectivity index (χ4v) is 4.31. The molecule has 0 aliphatic carbocycles. The number of ether oxygens (including phenoxy) is 3. The van der Waals surface area contributed by atoms with Crippen molar-refractivity contribution in [2.24, 2.45) is 0 Å². The van der Waals surface area contributed by atoms with Crippen molar-refractivity contribution in [3.8, 4) is 22.6 Å². The summed E-state index contributed by atoms with van der Waals surface area (Å²) < 4.78 is 16.2. The van der Waals surface area contributed by atoms with E-state index < -0.39 is 5.97 Å². The predicted molar refractivity (Wildman–Crippen MR) is 131 cm³/mol. The molecule has 3 rings (SSSR count). The molecule has 0 radical (unpaired) electrons. The van der Waals surface area contributed by atoms with Crippen LogP contribution in [0.2, 0.25) is 0 Å². The summed E-state index contributed by atoms with van der Waals surface area (Å²) in [4.78, 5) is 25.4. The fraction of sp³-hybridized carbons (Fsp3) is 0.308. The van der Waals surface area contributed by atoms with Crippen LogP contribution < -0.4 is 14.8 Å². The molecule has 2 aromatic carbocycles.